The molecule has 16 heavy (non-hydrogen) atoms. The number of aliphatic hydroxyl groups is 1. The molecule has 0 aromatic heterocycles. The summed E-state index contributed by atoms with van der Waals surface area (Å²) in [6.07, 6.45) is 2.10. The van der Waals surface area contributed by atoms with E-state index in [1.54, 1.807) is 0 Å². The van der Waals surface area contributed by atoms with Crippen LogP contribution in [-0.4, -0.2) is 22.4 Å². The fourth-order valence-electron chi connectivity index (χ4n) is 2.65. The smallest absolute Gasteiger partial charge is 0.104 e. The summed E-state index contributed by atoms with van der Waals surface area (Å²) < 4.78 is 0. The maximum absolute atomic E-state index is 9.87. The first-order valence-electron chi connectivity index (χ1n) is 6.06. The third-order valence-corrected chi connectivity index (χ3v) is 2.80. The summed E-state index contributed by atoms with van der Waals surface area (Å²) in [6, 6.07) is 0. The lowest BCUT2D eigenvalue weighted by atomic mass is 9.69. The quantitative estimate of drug-likeness (QED) is 0.585. The second kappa shape index (κ2) is 4.28. The fraction of sp³-hybridized carbons (Fsp3) is 1.00. The van der Waals surface area contributed by atoms with Crippen molar-refractivity contribution in [1.29, 1.82) is 0 Å². The van der Waals surface area contributed by atoms with E-state index >= 15 is 0 Å². The van der Waals surface area contributed by atoms with Crippen molar-refractivity contribution in [3.05, 3.63) is 0 Å². The van der Waals surface area contributed by atoms with Crippen molar-refractivity contribution < 1.29 is 14.9 Å². The molecule has 0 aromatic carbocycles. The molecule has 0 aromatic rings. The van der Waals surface area contributed by atoms with Gasteiger partial charge < -0.3 is 5.11 Å². The Balaban J connectivity index is 2.62. The number of hydrogen-bond acceptors (Lipinski definition) is 3. The van der Waals surface area contributed by atoms with E-state index in [0.29, 0.717) is 6.42 Å². The second-order valence-electron chi connectivity index (χ2n) is 7.13. The normalized spacial score (nSPS) is 35.1. The minimum absolute atomic E-state index is 0.105. The van der Waals surface area contributed by atoms with Gasteiger partial charge in [0.25, 0.3) is 0 Å². The van der Waals surface area contributed by atoms with Crippen LogP contribution in [0.25, 0.3) is 0 Å². The van der Waals surface area contributed by atoms with Crippen LogP contribution in [0, 0.1) is 5.41 Å². The molecule has 1 rings (SSSR count). The average molecular weight is 230 g/mol. The highest BCUT2D eigenvalue weighted by Gasteiger charge is 2.43. The molecule has 1 saturated carbocycles. The van der Waals surface area contributed by atoms with Gasteiger partial charge >= 0.3 is 0 Å². The molecule has 0 aliphatic heterocycles. The maximum atomic E-state index is 9.87. The highest BCUT2D eigenvalue weighted by molar-refractivity contribution is 4.92. The molecule has 0 heterocycles. The fourth-order valence-corrected chi connectivity index (χ4v) is 2.65. The highest BCUT2D eigenvalue weighted by atomic mass is 17.2. The predicted octanol–water partition coefficient (Wildman–Crippen LogP) is 3.06. The lowest BCUT2D eigenvalue weighted by Gasteiger charge is -2.44. The van der Waals surface area contributed by atoms with Gasteiger partial charge in [0.15, 0.2) is 0 Å². The third kappa shape index (κ3) is 4.40. The van der Waals surface area contributed by atoms with Crippen LogP contribution < -0.4 is 0 Å². The molecular weight excluding hydrogens is 204 g/mol. The Morgan fingerprint density at radius 2 is 1.69 bits per heavy atom. The van der Waals surface area contributed by atoms with Gasteiger partial charge in [0, 0.05) is 6.42 Å². The summed E-state index contributed by atoms with van der Waals surface area (Å²) >= 11 is 0. The predicted molar refractivity (Wildman–Crippen MR) is 64.0 cm³/mol. The van der Waals surface area contributed by atoms with Crippen molar-refractivity contribution in [3.63, 3.8) is 0 Å². The molecule has 1 aliphatic rings. The van der Waals surface area contributed by atoms with Crippen LogP contribution in [0.2, 0.25) is 0 Å². The van der Waals surface area contributed by atoms with Gasteiger partial charge in [-0.05, 0) is 46.0 Å². The molecule has 96 valence electrons. The van der Waals surface area contributed by atoms with Crippen LogP contribution in [-0.2, 0) is 9.78 Å². The summed E-state index contributed by atoms with van der Waals surface area (Å²) in [5, 5.41) is 9.87. The Morgan fingerprint density at radius 1 is 1.12 bits per heavy atom. The van der Waals surface area contributed by atoms with E-state index in [-0.39, 0.29) is 22.7 Å². The first-order valence-corrected chi connectivity index (χ1v) is 6.06. The zero-order valence-electron chi connectivity index (χ0n) is 11.5. The maximum Gasteiger partial charge on any atom is 0.104 e. The molecule has 3 heteroatoms. The summed E-state index contributed by atoms with van der Waals surface area (Å²) in [6.45, 7) is 12.2. The van der Waals surface area contributed by atoms with Crippen LogP contribution in [0.3, 0.4) is 0 Å². The molecule has 2 unspecified atom stereocenters. The summed E-state index contributed by atoms with van der Waals surface area (Å²) in [7, 11) is 0. The molecule has 3 nitrogen and oxygen atoms in total. The Morgan fingerprint density at radius 3 is 2.12 bits per heavy atom. The van der Waals surface area contributed by atoms with Gasteiger partial charge in [-0.2, -0.15) is 0 Å². The minimum Gasteiger partial charge on any atom is -0.393 e. The van der Waals surface area contributed by atoms with Gasteiger partial charge in [0.1, 0.15) is 5.60 Å². The van der Waals surface area contributed by atoms with E-state index in [1.165, 1.54) is 0 Å². The average Bonchev–Trinajstić information content (AvgIpc) is 1.94. The lowest BCUT2D eigenvalue weighted by Crippen LogP contribution is -2.45. The van der Waals surface area contributed by atoms with E-state index in [0.717, 1.165) is 12.8 Å². The molecule has 1 N–H and O–H groups in total. The van der Waals surface area contributed by atoms with Crippen molar-refractivity contribution in [2.75, 3.05) is 0 Å². The van der Waals surface area contributed by atoms with Crippen molar-refractivity contribution in [2.45, 2.75) is 78.1 Å². The van der Waals surface area contributed by atoms with Crippen molar-refractivity contribution >= 4 is 0 Å². The standard InChI is InChI=1S/C13H26O3/c1-11(2,3)15-16-13(6)8-10(14)7-12(4,5)9-13/h10,14H,7-9H2,1-6H3. The Hall–Kier alpha value is -0.120. The van der Waals surface area contributed by atoms with Crippen molar-refractivity contribution in [2.24, 2.45) is 5.41 Å². The van der Waals surface area contributed by atoms with Gasteiger partial charge in [-0.15, -0.1) is 0 Å². The van der Waals surface area contributed by atoms with Gasteiger partial charge in [-0.1, -0.05) is 13.8 Å². The van der Waals surface area contributed by atoms with Crippen molar-refractivity contribution in [3.8, 4) is 0 Å². The zero-order valence-corrected chi connectivity index (χ0v) is 11.5. The van der Waals surface area contributed by atoms with Crippen LogP contribution in [0.15, 0.2) is 0 Å². The van der Waals surface area contributed by atoms with E-state index in [1.807, 2.05) is 27.7 Å². The van der Waals surface area contributed by atoms with Crippen molar-refractivity contribution in [1.82, 2.24) is 0 Å². The minimum atomic E-state index is -0.381. The summed E-state index contributed by atoms with van der Waals surface area (Å²) in [5.41, 5.74) is -0.586. The van der Waals surface area contributed by atoms with Gasteiger partial charge in [-0.3, -0.25) is 0 Å². The van der Waals surface area contributed by atoms with Crippen LogP contribution in [0.5, 0.6) is 0 Å². The van der Waals surface area contributed by atoms with Gasteiger partial charge in [-0.25, -0.2) is 9.78 Å². The Labute approximate surface area is 99.1 Å². The monoisotopic (exact) mass is 230 g/mol. The SMILES string of the molecule is CC1(C)CC(O)CC(C)(OOC(C)(C)C)C1. The highest BCUT2D eigenvalue weighted by Crippen LogP contribution is 2.43. The molecule has 0 saturated heterocycles. The zero-order chi connectivity index (χ0) is 12.6. The molecule has 0 amide bonds. The molecule has 1 fully saturated rings. The third-order valence-electron chi connectivity index (χ3n) is 2.80. The van der Waals surface area contributed by atoms with E-state index < -0.39 is 0 Å². The van der Waals surface area contributed by atoms with E-state index in [2.05, 4.69) is 13.8 Å². The first kappa shape index (κ1) is 13.9. The van der Waals surface area contributed by atoms with E-state index in [9.17, 15) is 5.11 Å². The van der Waals surface area contributed by atoms with Crippen LogP contribution in [0.1, 0.15) is 60.8 Å². The molecule has 1 aliphatic carbocycles. The Bertz CT molecular complexity index is 242. The topological polar surface area (TPSA) is 38.7 Å². The second-order valence-corrected chi connectivity index (χ2v) is 7.13. The Kier molecular flexibility index (Phi) is 3.73. The molecule has 0 spiro atoms. The number of rotatable bonds is 2. The van der Waals surface area contributed by atoms with Crippen LogP contribution in [0.4, 0.5) is 0 Å². The first-order chi connectivity index (χ1) is 7.02. The summed E-state index contributed by atoms with van der Waals surface area (Å²) in [4.78, 5) is 11.0. The lowest BCUT2D eigenvalue weighted by molar-refractivity contribution is -0.411. The summed E-state index contributed by atoms with van der Waals surface area (Å²) in [5.74, 6) is 0. The number of hydrogen-bond donors (Lipinski definition) is 1. The van der Waals surface area contributed by atoms with Crippen LogP contribution >= 0.6 is 0 Å². The largest absolute Gasteiger partial charge is 0.393 e. The molecule has 2 atom stereocenters. The number of aliphatic hydroxyl groups excluding tert-OH is 1. The van der Waals surface area contributed by atoms with Gasteiger partial charge in [0.05, 0.1) is 11.7 Å². The van der Waals surface area contributed by atoms with E-state index in [4.69, 9.17) is 9.78 Å². The molecular formula is C13H26O3. The molecule has 0 bridgehead atoms. The van der Waals surface area contributed by atoms with Gasteiger partial charge in [0.2, 0.25) is 0 Å². The molecule has 0 radical (unpaired) electrons.